The number of pyridine rings is 1. The van der Waals surface area contributed by atoms with Crippen LogP contribution in [0.4, 0.5) is 0 Å². The second-order valence-corrected chi connectivity index (χ2v) is 8.97. The van der Waals surface area contributed by atoms with Crippen molar-refractivity contribution in [2.24, 2.45) is 0 Å². The number of thioether (sulfide) groups is 1. The Hall–Kier alpha value is -2.94. The van der Waals surface area contributed by atoms with Crippen molar-refractivity contribution >= 4 is 40.7 Å². The van der Waals surface area contributed by atoms with E-state index in [9.17, 15) is 0 Å². The normalized spacial score (nSPS) is 11.4. The van der Waals surface area contributed by atoms with Gasteiger partial charge in [-0.25, -0.2) is 9.97 Å². The van der Waals surface area contributed by atoms with Crippen LogP contribution >= 0.6 is 35.0 Å². The summed E-state index contributed by atoms with van der Waals surface area (Å²) >= 11 is 14.0. The molecule has 0 radical (unpaired) electrons. The summed E-state index contributed by atoms with van der Waals surface area (Å²) < 4.78 is 3.95. The molecule has 0 saturated heterocycles. The molecule has 0 N–H and O–H groups in total. The van der Waals surface area contributed by atoms with Gasteiger partial charge in [-0.15, -0.1) is 10.2 Å². The van der Waals surface area contributed by atoms with E-state index in [0.717, 1.165) is 28.3 Å². The first-order valence-electron chi connectivity index (χ1n) is 9.76. The summed E-state index contributed by atoms with van der Waals surface area (Å²) in [6.45, 7) is 4.01. The van der Waals surface area contributed by atoms with Crippen LogP contribution in [0.15, 0.2) is 60.1 Å². The lowest BCUT2D eigenvalue weighted by Crippen LogP contribution is -2.00. The topological polar surface area (TPSA) is 73.8 Å². The highest BCUT2D eigenvalue weighted by Crippen LogP contribution is 2.32. The lowest BCUT2D eigenvalue weighted by Gasteiger charge is -2.11. The zero-order valence-corrected chi connectivity index (χ0v) is 19.5. The van der Waals surface area contributed by atoms with E-state index in [2.05, 4.69) is 25.1 Å². The molecule has 32 heavy (non-hydrogen) atoms. The maximum atomic E-state index is 6.30. The number of aryl methyl sites for hydroxylation is 2. The Morgan fingerprint density at radius 3 is 2.66 bits per heavy atom. The third kappa shape index (κ3) is 3.97. The van der Waals surface area contributed by atoms with Crippen LogP contribution in [0.5, 0.6) is 0 Å². The molecule has 160 valence electrons. The van der Waals surface area contributed by atoms with Crippen molar-refractivity contribution in [2.75, 3.05) is 0 Å². The number of hydrogen-bond donors (Lipinski definition) is 0. The number of nitrogens with zero attached hydrogens (tertiary/aromatic N) is 7. The number of rotatable bonds is 5. The Bertz CT molecular complexity index is 1430. The summed E-state index contributed by atoms with van der Waals surface area (Å²) in [5, 5.41) is 10.5. The van der Waals surface area contributed by atoms with Crippen molar-refractivity contribution in [3.8, 4) is 17.1 Å². The molecule has 7 nitrogen and oxygen atoms in total. The highest BCUT2D eigenvalue weighted by molar-refractivity contribution is 7.98. The minimum absolute atomic E-state index is 0.461. The van der Waals surface area contributed by atoms with Gasteiger partial charge in [-0.05, 0) is 50.2 Å². The Kier molecular flexibility index (Phi) is 5.58. The largest absolute Gasteiger partial charge is 0.288 e. The number of imidazole rings is 1. The zero-order valence-electron chi connectivity index (χ0n) is 17.2. The first-order valence-corrected chi connectivity index (χ1v) is 11.5. The molecule has 4 heterocycles. The standard InChI is InChI=1S/C22H17Cl2N7S/c1-13-8-14(2)30-11-16(27-21(30)26-13)12-32-22-29-28-20(15-4-3-7-25-10-15)31(22)17-5-6-18(23)19(24)9-17/h3-11H,12H2,1-2H3. The molecule has 0 unspecified atom stereocenters. The molecular weight excluding hydrogens is 465 g/mol. The van der Waals surface area contributed by atoms with Gasteiger partial charge in [0, 0.05) is 41.3 Å². The fraction of sp³-hybridized carbons (Fsp3) is 0.136. The molecule has 5 rings (SSSR count). The predicted octanol–water partition coefficient (Wildman–Crippen LogP) is 5.59. The molecule has 0 atom stereocenters. The van der Waals surface area contributed by atoms with Gasteiger partial charge in [-0.2, -0.15) is 0 Å². The molecular formula is C22H17Cl2N7S. The van der Waals surface area contributed by atoms with Crippen LogP contribution in [0.3, 0.4) is 0 Å². The minimum atomic E-state index is 0.461. The SMILES string of the molecule is Cc1cc(C)n2cc(CSc3nnc(-c4cccnc4)n3-c3ccc(Cl)c(Cl)c3)nc2n1. The van der Waals surface area contributed by atoms with Gasteiger partial charge in [0.05, 0.1) is 21.4 Å². The average molecular weight is 482 g/mol. The molecule has 1 aromatic carbocycles. The van der Waals surface area contributed by atoms with Gasteiger partial charge in [-0.1, -0.05) is 35.0 Å². The molecule has 0 aliphatic rings. The van der Waals surface area contributed by atoms with E-state index >= 15 is 0 Å². The number of halogens is 2. The van der Waals surface area contributed by atoms with Gasteiger partial charge in [0.2, 0.25) is 5.78 Å². The monoisotopic (exact) mass is 481 g/mol. The van der Waals surface area contributed by atoms with Gasteiger partial charge in [-0.3, -0.25) is 14.0 Å². The maximum absolute atomic E-state index is 6.30. The van der Waals surface area contributed by atoms with E-state index in [1.54, 1.807) is 24.5 Å². The molecule has 0 bridgehead atoms. The molecule has 0 saturated carbocycles. The molecule has 0 amide bonds. The Morgan fingerprint density at radius 2 is 1.88 bits per heavy atom. The molecule has 0 aliphatic carbocycles. The Morgan fingerprint density at radius 1 is 1.00 bits per heavy atom. The average Bonchev–Trinajstić information content (AvgIpc) is 3.39. The van der Waals surface area contributed by atoms with Crippen LogP contribution in [0.2, 0.25) is 10.0 Å². The van der Waals surface area contributed by atoms with Crippen LogP contribution in [-0.4, -0.2) is 34.1 Å². The van der Waals surface area contributed by atoms with Crippen LogP contribution in [0.25, 0.3) is 22.9 Å². The van der Waals surface area contributed by atoms with E-state index in [-0.39, 0.29) is 0 Å². The highest BCUT2D eigenvalue weighted by Gasteiger charge is 2.18. The van der Waals surface area contributed by atoms with Crippen LogP contribution in [0.1, 0.15) is 17.1 Å². The highest BCUT2D eigenvalue weighted by atomic mass is 35.5. The van der Waals surface area contributed by atoms with Gasteiger partial charge < -0.3 is 0 Å². The zero-order chi connectivity index (χ0) is 22.2. The van der Waals surface area contributed by atoms with Crippen LogP contribution in [-0.2, 0) is 5.75 Å². The first kappa shape index (κ1) is 20.9. The molecule has 0 fully saturated rings. The summed E-state index contributed by atoms with van der Waals surface area (Å²) in [6.07, 6.45) is 5.48. The van der Waals surface area contributed by atoms with E-state index in [1.165, 1.54) is 11.8 Å². The van der Waals surface area contributed by atoms with Crippen LogP contribution < -0.4 is 0 Å². The fourth-order valence-corrected chi connectivity index (χ4v) is 4.56. The van der Waals surface area contributed by atoms with Crippen molar-refractivity contribution in [3.63, 3.8) is 0 Å². The van der Waals surface area contributed by atoms with Crippen molar-refractivity contribution in [3.05, 3.63) is 82.1 Å². The quantitative estimate of drug-likeness (QED) is 0.304. The summed E-state index contributed by atoms with van der Waals surface area (Å²) in [5.41, 5.74) is 4.60. The van der Waals surface area contributed by atoms with E-state index in [1.807, 2.05) is 53.3 Å². The molecule has 5 aromatic rings. The van der Waals surface area contributed by atoms with Gasteiger partial charge >= 0.3 is 0 Å². The summed E-state index contributed by atoms with van der Waals surface area (Å²) in [7, 11) is 0. The molecule has 0 spiro atoms. The van der Waals surface area contributed by atoms with Gasteiger partial charge in [0.25, 0.3) is 0 Å². The Balaban J connectivity index is 1.53. The predicted molar refractivity (Wildman–Crippen MR) is 127 cm³/mol. The molecule has 10 heteroatoms. The summed E-state index contributed by atoms with van der Waals surface area (Å²) in [6, 6.07) is 11.3. The summed E-state index contributed by atoms with van der Waals surface area (Å²) in [4.78, 5) is 13.4. The van der Waals surface area contributed by atoms with E-state index < -0.39 is 0 Å². The van der Waals surface area contributed by atoms with Crippen molar-refractivity contribution < 1.29 is 0 Å². The summed E-state index contributed by atoms with van der Waals surface area (Å²) in [5.74, 6) is 1.97. The van der Waals surface area contributed by atoms with Crippen molar-refractivity contribution in [1.82, 2.24) is 34.1 Å². The second kappa shape index (κ2) is 8.54. The smallest absolute Gasteiger partial charge is 0.234 e. The Labute approximate surface area is 198 Å². The maximum Gasteiger partial charge on any atom is 0.234 e. The van der Waals surface area contributed by atoms with Crippen molar-refractivity contribution in [2.45, 2.75) is 24.8 Å². The van der Waals surface area contributed by atoms with Gasteiger partial charge in [0.15, 0.2) is 11.0 Å². The number of aromatic nitrogens is 7. The lowest BCUT2D eigenvalue weighted by molar-refractivity contribution is 0.885. The third-order valence-corrected chi connectivity index (χ3v) is 6.58. The van der Waals surface area contributed by atoms with Crippen LogP contribution in [0, 0.1) is 13.8 Å². The third-order valence-electron chi connectivity index (χ3n) is 4.87. The second-order valence-electron chi connectivity index (χ2n) is 7.21. The van der Waals surface area contributed by atoms with Crippen molar-refractivity contribution in [1.29, 1.82) is 0 Å². The number of benzene rings is 1. The van der Waals surface area contributed by atoms with E-state index in [4.69, 9.17) is 23.2 Å². The van der Waals surface area contributed by atoms with E-state index in [0.29, 0.717) is 32.6 Å². The van der Waals surface area contributed by atoms with Gasteiger partial charge in [0.1, 0.15) is 0 Å². The number of fused-ring (bicyclic) bond motifs is 1. The lowest BCUT2D eigenvalue weighted by atomic mass is 10.2. The fourth-order valence-electron chi connectivity index (χ4n) is 3.43. The molecule has 0 aliphatic heterocycles. The first-order chi connectivity index (χ1) is 15.5. The number of hydrogen-bond acceptors (Lipinski definition) is 6. The minimum Gasteiger partial charge on any atom is -0.288 e. The molecule has 4 aromatic heterocycles.